The van der Waals surface area contributed by atoms with E-state index in [2.05, 4.69) is 9.71 Å². The van der Waals surface area contributed by atoms with E-state index in [4.69, 9.17) is 5.11 Å². The van der Waals surface area contributed by atoms with Crippen LogP contribution in [0.15, 0.2) is 47.5 Å². The van der Waals surface area contributed by atoms with Crippen molar-refractivity contribution in [2.75, 3.05) is 4.72 Å². The summed E-state index contributed by atoms with van der Waals surface area (Å²) in [6.45, 7) is -0.221. The molecule has 0 fully saturated rings. The monoisotopic (exact) mass is 252 g/mol. The van der Waals surface area contributed by atoms with E-state index in [9.17, 15) is 8.42 Å². The quantitative estimate of drug-likeness (QED) is 0.767. The molecule has 0 saturated heterocycles. The molecule has 0 spiro atoms. The molecule has 1 aromatic carbocycles. The SMILES string of the molecule is O=S(=O)(Nc1ccccc1)c1c[nH]c(CO)c1. The van der Waals surface area contributed by atoms with Crippen molar-refractivity contribution in [1.82, 2.24) is 4.98 Å². The molecule has 17 heavy (non-hydrogen) atoms. The van der Waals surface area contributed by atoms with Gasteiger partial charge in [-0.15, -0.1) is 0 Å². The van der Waals surface area contributed by atoms with Crippen LogP contribution in [0, 0.1) is 0 Å². The Morgan fingerprint density at radius 3 is 2.53 bits per heavy atom. The fraction of sp³-hybridized carbons (Fsp3) is 0.0909. The van der Waals surface area contributed by atoms with Crippen molar-refractivity contribution in [3.8, 4) is 0 Å². The molecule has 0 unspecified atom stereocenters. The lowest BCUT2D eigenvalue weighted by atomic mass is 10.3. The number of rotatable bonds is 4. The molecule has 1 heterocycles. The Labute approximate surface area is 99.2 Å². The third-order valence-corrected chi connectivity index (χ3v) is 3.58. The lowest BCUT2D eigenvalue weighted by Crippen LogP contribution is -2.11. The lowest BCUT2D eigenvalue weighted by molar-refractivity contribution is 0.277. The Morgan fingerprint density at radius 1 is 1.24 bits per heavy atom. The number of nitrogens with one attached hydrogen (secondary N) is 2. The van der Waals surface area contributed by atoms with Gasteiger partial charge in [0, 0.05) is 17.6 Å². The maximum Gasteiger partial charge on any atom is 0.263 e. The molecule has 0 aliphatic heterocycles. The summed E-state index contributed by atoms with van der Waals surface area (Å²) in [5, 5.41) is 8.86. The first-order valence-corrected chi connectivity index (χ1v) is 6.46. The van der Waals surface area contributed by atoms with E-state index in [1.165, 1.54) is 12.3 Å². The summed E-state index contributed by atoms with van der Waals surface area (Å²) in [5.41, 5.74) is 0.956. The van der Waals surface area contributed by atoms with Gasteiger partial charge < -0.3 is 10.1 Å². The number of aliphatic hydroxyl groups excluding tert-OH is 1. The molecule has 2 aromatic rings. The van der Waals surface area contributed by atoms with E-state index in [1.54, 1.807) is 30.3 Å². The molecule has 0 atom stereocenters. The summed E-state index contributed by atoms with van der Waals surface area (Å²) in [6.07, 6.45) is 1.34. The van der Waals surface area contributed by atoms with Crippen LogP contribution in [-0.2, 0) is 16.6 Å². The van der Waals surface area contributed by atoms with Gasteiger partial charge in [-0.3, -0.25) is 4.72 Å². The van der Waals surface area contributed by atoms with Gasteiger partial charge in [-0.25, -0.2) is 8.42 Å². The molecular formula is C11H12N2O3S. The Morgan fingerprint density at radius 2 is 1.94 bits per heavy atom. The number of aromatic nitrogens is 1. The van der Waals surface area contributed by atoms with Crippen LogP contribution in [0.3, 0.4) is 0 Å². The predicted octanol–water partition coefficient (Wildman–Crippen LogP) is 1.31. The molecule has 0 amide bonds. The number of anilines is 1. The molecule has 0 radical (unpaired) electrons. The highest BCUT2D eigenvalue weighted by atomic mass is 32.2. The van der Waals surface area contributed by atoms with Crippen molar-refractivity contribution in [3.05, 3.63) is 48.3 Å². The summed E-state index contributed by atoms with van der Waals surface area (Å²) in [7, 11) is -3.59. The number of aromatic amines is 1. The van der Waals surface area contributed by atoms with Gasteiger partial charge in [-0.1, -0.05) is 18.2 Å². The molecule has 6 heteroatoms. The van der Waals surface area contributed by atoms with E-state index in [0.717, 1.165) is 0 Å². The zero-order valence-corrected chi connectivity index (χ0v) is 9.74. The fourth-order valence-corrected chi connectivity index (χ4v) is 2.46. The Hall–Kier alpha value is -1.79. The Bertz CT molecular complexity index is 590. The van der Waals surface area contributed by atoms with E-state index >= 15 is 0 Å². The van der Waals surface area contributed by atoms with Crippen LogP contribution in [0.1, 0.15) is 5.69 Å². The first-order valence-electron chi connectivity index (χ1n) is 4.98. The first kappa shape index (κ1) is 11.7. The highest BCUT2D eigenvalue weighted by molar-refractivity contribution is 7.92. The van der Waals surface area contributed by atoms with Gasteiger partial charge in [0.15, 0.2) is 0 Å². The molecule has 1 aromatic heterocycles. The lowest BCUT2D eigenvalue weighted by Gasteiger charge is -2.05. The van der Waals surface area contributed by atoms with Gasteiger partial charge >= 0.3 is 0 Å². The second kappa shape index (κ2) is 4.60. The number of sulfonamides is 1. The minimum absolute atomic E-state index is 0.102. The average molecular weight is 252 g/mol. The molecule has 0 aliphatic rings. The first-order chi connectivity index (χ1) is 8.12. The minimum atomic E-state index is -3.59. The summed E-state index contributed by atoms with van der Waals surface area (Å²) >= 11 is 0. The van der Waals surface area contributed by atoms with Gasteiger partial charge in [0.25, 0.3) is 10.0 Å². The minimum Gasteiger partial charge on any atom is -0.390 e. The number of benzene rings is 1. The van der Waals surface area contributed by atoms with Crippen LogP contribution in [0.4, 0.5) is 5.69 Å². The van der Waals surface area contributed by atoms with E-state index < -0.39 is 10.0 Å². The van der Waals surface area contributed by atoms with E-state index in [0.29, 0.717) is 11.4 Å². The van der Waals surface area contributed by atoms with Crippen LogP contribution < -0.4 is 4.72 Å². The number of H-pyrrole nitrogens is 1. The number of hydrogen-bond acceptors (Lipinski definition) is 3. The van der Waals surface area contributed by atoms with Crippen LogP contribution in [0.5, 0.6) is 0 Å². The standard InChI is InChI=1S/C11H12N2O3S/c14-8-10-6-11(7-12-10)17(15,16)13-9-4-2-1-3-5-9/h1-7,12-14H,8H2. The van der Waals surface area contributed by atoms with Crippen LogP contribution in [0.2, 0.25) is 0 Å². The third-order valence-electron chi connectivity index (χ3n) is 2.22. The molecular weight excluding hydrogens is 240 g/mol. The Balaban J connectivity index is 2.25. The second-order valence-electron chi connectivity index (χ2n) is 3.49. The van der Waals surface area contributed by atoms with Crippen LogP contribution in [0.25, 0.3) is 0 Å². The largest absolute Gasteiger partial charge is 0.390 e. The maximum atomic E-state index is 11.9. The van der Waals surface area contributed by atoms with Crippen LogP contribution in [-0.4, -0.2) is 18.5 Å². The average Bonchev–Trinajstić information content (AvgIpc) is 2.79. The molecule has 0 saturated carbocycles. The second-order valence-corrected chi connectivity index (χ2v) is 5.17. The number of hydrogen-bond donors (Lipinski definition) is 3. The van der Waals surface area contributed by atoms with Crippen molar-refractivity contribution >= 4 is 15.7 Å². The van der Waals surface area contributed by atoms with Crippen molar-refractivity contribution < 1.29 is 13.5 Å². The summed E-state index contributed by atoms with van der Waals surface area (Å²) < 4.78 is 26.3. The highest BCUT2D eigenvalue weighted by Crippen LogP contribution is 2.16. The van der Waals surface area contributed by atoms with E-state index in [1.807, 2.05) is 0 Å². The smallest absolute Gasteiger partial charge is 0.263 e. The van der Waals surface area contributed by atoms with Crippen molar-refractivity contribution in [3.63, 3.8) is 0 Å². The molecule has 90 valence electrons. The normalized spacial score (nSPS) is 11.4. The molecule has 0 aliphatic carbocycles. The molecule has 2 rings (SSSR count). The zero-order chi connectivity index (χ0) is 12.3. The fourth-order valence-electron chi connectivity index (χ4n) is 1.39. The predicted molar refractivity (Wildman–Crippen MR) is 64.0 cm³/mol. The van der Waals surface area contributed by atoms with Gasteiger partial charge in [0.05, 0.1) is 6.61 Å². The summed E-state index contributed by atoms with van der Waals surface area (Å²) in [6, 6.07) is 10.0. The van der Waals surface area contributed by atoms with Gasteiger partial charge in [0.1, 0.15) is 4.90 Å². The van der Waals surface area contributed by atoms with Crippen molar-refractivity contribution in [2.24, 2.45) is 0 Å². The van der Waals surface area contributed by atoms with Gasteiger partial charge in [-0.2, -0.15) is 0 Å². The van der Waals surface area contributed by atoms with Crippen LogP contribution >= 0.6 is 0 Å². The topological polar surface area (TPSA) is 82.2 Å². The summed E-state index contributed by atoms with van der Waals surface area (Å²) in [4.78, 5) is 2.78. The summed E-state index contributed by atoms with van der Waals surface area (Å²) in [5.74, 6) is 0. The highest BCUT2D eigenvalue weighted by Gasteiger charge is 2.15. The maximum absolute atomic E-state index is 11.9. The molecule has 3 N–H and O–H groups in total. The number of para-hydroxylation sites is 1. The van der Waals surface area contributed by atoms with E-state index in [-0.39, 0.29) is 11.5 Å². The van der Waals surface area contributed by atoms with Crippen molar-refractivity contribution in [1.29, 1.82) is 0 Å². The Kier molecular flexibility index (Phi) is 3.16. The van der Waals surface area contributed by atoms with Gasteiger partial charge in [0.2, 0.25) is 0 Å². The molecule has 5 nitrogen and oxygen atoms in total. The molecule has 0 bridgehead atoms. The van der Waals surface area contributed by atoms with Gasteiger partial charge in [-0.05, 0) is 18.2 Å². The van der Waals surface area contributed by atoms with Crippen molar-refractivity contribution in [2.45, 2.75) is 11.5 Å². The number of aliphatic hydroxyl groups is 1. The third kappa shape index (κ3) is 2.66. The zero-order valence-electron chi connectivity index (χ0n) is 8.92.